The van der Waals surface area contributed by atoms with Crippen molar-refractivity contribution in [3.05, 3.63) is 29.8 Å². The van der Waals surface area contributed by atoms with Crippen LogP contribution in [0.3, 0.4) is 0 Å². The monoisotopic (exact) mass is 210 g/mol. The van der Waals surface area contributed by atoms with Gasteiger partial charge in [0.05, 0.1) is 0 Å². The highest BCUT2D eigenvalue weighted by molar-refractivity contribution is 7.98. The fraction of sp³-hybridized carbons (Fsp3) is 0.500. The first-order chi connectivity index (χ1) is 6.59. The van der Waals surface area contributed by atoms with E-state index in [1.807, 2.05) is 0 Å². The van der Waals surface area contributed by atoms with Crippen LogP contribution in [-0.2, 0) is 6.42 Å². The SMILES string of the molecule is CSc1ccccc1CC(C)(C)CO. The van der Waals surface area contributed by atoms with E-state index in [1.54, 1.807) is 11.8 Å². The Labute approximate surface area is 90.5 Å². The zero-order chi connectivity index (χ0) is 10.6. The van der Waals surface area contributed by atoms with Crippen LogP contribution in [0.2, 0.25) is 0 Å². The van der Waals surface area contributed by atoms with Crippen molar-refractivity contribution in [2.24, 2.45) is 5.41 Å². The van der Waals surface area contributed by atoms with Gasteiger partial charge in [0.25, 0.3) is 0 Å². The Hall–Kier alpha value is -0.470. The van der Waals surface area contributed by atoms with Crippen LogP contribution in [0.5, 0.6) is 0 Å². The van der Waals surface area contributed by atoms with E-state index in [2.05, 4.69) is 44.4 Å². The van der Waals surface area contributed by atoms with Crippen molar-refractivity contribution in [1.29, 1.82) is 0 Å². The summed E-state index contributed by atoms with van der Waals surface area (Å²) in [6, 6.07) is 8.39. The molecule has 0 aromatic heterocycles. The predicted octanol–water partition coefficient (Wildman–Crippen LogP) is 2.97. The van der Waals surface area contributed by atoms with E-state index < -0.39 is 0 Å². The average molecular weight is 210 g/mol. The van der Waals surface area contributed by atoms with Gasteiger partial charge in [0.15, 0.2) is 0 Å². The minimum Gasteiger partial charge on any atom is -0.396 e. The van der Waals surface area contributed by atoms with Crippen LogP contribution in [-0.4, -0.2) is 18.0 Å². The molecule has 0 fully saturated rings. The number of hydrogen-bond donors (Lipinski definition) is 1. The number of benzene rings is 1. The van der Waals surface area contributed by atoms with Crippen LogP contribution < -0.4 is 0 Å². The maximum absolute atomic E-state index is 9.21. The lowest BCUT2D eigenvalue weighted by Gasteiger charge is -2.22. The number of thioether (sulfide) groups is 1. The van der Waals surface area contributed by atoms with Crippen LogP contribution in [0.25, 0.3) is 0 Å². The average Bonchev–Trinajstić information content (AvgIpc) is 2.18. The van der Waals surface area contributed by atoms with Crippen LogP contribution >= 0.6 is 11.8 Å². The second-order valence-corrected chi connectivity index (χ2v) is 5.16. The van der Waals surface area contributed by atoms with E-state index >= 15 is 0 Å². The number of rotatable bonds is 4. The van der Waals surface area contributed by atoms with E-state index in [-0.39, 0.29) is 12.0 Å². The predicted molar refractivity (Wildman–Crippen MR) is 62.8 cm³/mol. The topological polar surface area (TPSA) is 20.2 Å². The van der Waals surface area contributed by atoms with E-state index in [4.69, 9.17) is 0 Å². The molecule has 0 radical (unpaired) electrons. The lowest BCUT2D eigenvalue weighted by Crippen LogP contribution is -2.20. The van der Waals surface area contributed by atoms with E-state index in [0.717, 1.165) is 6.42 Å². The van der Waals surface area contributed by atoms with Gasteiger partial charge in [-0.05, 0) is 29.7 Å². The largest absolute Gasteiger partial charge is 0.396 e. The molecule has 0 saturated heterocycles. The molecular formula is C12H18OS. The molecule has 14 heavy (non-hydrogen) atoms. The van der Waals surface area contributed by atoms with E-state index in [9.17, 15) is 5.11 Å². The highest BCUT2D eigenvalue weighted by atomic mass is 32.2. The number of aliphatic hydroxyl groups is 1. The first-order valence-electron chi connectivity index (χ1n) is 4.82. The third kappa shape index (κ3) is 3.03. The minimum absolute atomic E-state index is 0.0220. The van der Waals surface area contributed by atoms with Gasteiger partial charge in [0, 0.05) is 11.5 Å². The molecule has 0 aliphatic rings. The number of hydrogen-bond acceptors (Lipinski definition) is 2. The van der Waals surface area contributed by atoms with Crippen LogP contribution in [0.1, 0.15) is 19.4 Å². The van der Waals surface area contributed by atoms with Crippen molar-refractivity contribution in [2.45, 2.75) is 25.2 Å². The van der Waals surface area contributed by atoms with Crippen LogP contribution in [0.4, 0.5) is 0 Å². The molecular weight excluding hydrogens is 192 g/mol. The van der Waals surface area contributed by atoms with Gasteiger partial charge >= 0.3 is 0 Å². The lowest BCUT2D eigenvalue weighted by atomic mass is 9.87. The van der Waals surface area contributed by atoms with Crippen molar-refractivity contribution < 1.29 is 5.11 Å². The molecule has 0 unspecified atom stereocenters. The van der Waals surface area contributed by atoms with Gasteiger partial charge in [-0.2, -0.15) is 0 Å². The molecule has 0 aliphatic carbocycles. The molecule has 0 atom stereocenters. The van der Waals surface area contributed by atoms with Crippen molar-refractivity contribution in [3.8, 4) is 0 Å². The fourth-order valence-electron chi connectivity index (χ4n) is 1.42. The Bertz CT molecular complexity index is 294. The van der Waals surface area contributed by atoms with Crippen LogP contribution in [0, 0.1) is 5.41 Å². The van der Waals surface area contributed by atoms with Crippen molar-refractivity contribution in [1.82, 2.24) is 0 Å². The van der Waals surface area contributed by atoms with Gasteiger partial charge in [-0.25, -0.2) is 0 Å². The summed E-state index contributed by atoms with van der Waals surface area (Å²) in [5.41, 5.74) is 1.31. The summed E-state index contributed by atoms with van der Waals surface area (Å²) in [5, 5.41) is 9.21. The molecule has 0 saturated carbocycles. The summed E-state index contributed by atoms with van der Waals surface area (Å²) in [5.74, 6) is 0. The Morgan fingerprint density at radius 1 is 1.29 bits per heavy atom. The molecule has 78 valence electrons. The molecule has 1 N–H and O–H groups in total. The fourth-order valence-corrected chi connectivity index (χ4v) is 2.04. The quantitative estimate of drug-likeness (QED) is 0.771. The zero-order valence-electron chi connectivity index (χ0n) is 9.08. The maximum Gasteiger partial charge on any atom is 0.0485 e. The van der Waals surface area contributed by atoms with Gasteiger partial charge < -0.3 is 5.11 Å². The maximum atomic E-state index is 9.21. The Balaban J connectivity index is 2.85. The summed E-state index contributed by atoms with van der Waals surface area (Å²) in [6.45, 7) is 4.41. The molecule has 0 amide bonds. The smallest absolute Gasteiger partial charge is 0.0485 e. The first-order valence-corrected chi connectivity index (χ1v) is 6.04. The van der Waals surface area contributed by atoms with E-state index in [1.165, 1.54) is 10.5 Å². The molecule has 0 aliphatic heterocycles. The van der Waals surface area contributed by atoms with Crippen molar-refractivity contribution in [3.63, 3.8) is 0 Å². The normalized spacial score (nSPS) is 11.7. The number of aliphatic hydroxyl groups excluding tert-OH is 1. The standard InChI is InChI=1S/C12H18OS/c1-12(2,9-13)8-10-6-4-5-7-11(10)14-3/h4-7,13H,8-9H2,1-3H3. The molecule has 1 aromatic carbocycles. The van der Waals surface area contributed by atoms with Gasteiger partial charge in [-0.1, -0.05) is 32.0 Å². The highest BCUT2D eigenvalue weighted by Gasteiger charge is 2.18. The van der Waals surface area contributed by atoms with Gasteiger partial charge in [-0.3, -0.25) is 0 Å². The molecule has 1 rings (SSSR count). The van der Waals surface area contributed by atoms with Crippen molar-refractivity contribution >= 4 is 11.8 Å². The van der Waals surface area contributed by atoms with E-state index in [0.29, 0.717) is 0 Å². The van der Waals surface area contributed by atoms with Crippen molar-refractivity contribution in [2.75, 3.05) is 12.9 Å². The Kier molecular flexibility index (Phi) is 4.02. The summed E-state index contributed by atoms with van der Waals surface area (Å²) < 4.78 is 0. The van der Waals surface area contributed by atoms with Gasteiger partial charge in [-0.15, -0.1) is 11.8 Å². The summed E-state index contributed by atoms with van der Waals surface area (Å²) >= 11 is 1.76. The Morgan fingerprint density at radius 2 is 1.93 bits per heavy atom. The van der Waals surface area contributed by atoms with Crippen LogP contribution in [0.15, 0.2) is 29.2 Å². The molecule has 1 aromatic rings. The molecule has 0 heterocycles. The second-order valence-electron chi connectivity index (χ2n) is 4.31. The third-order valence-electron chi connectivity index (χ3n) is 2.29. The summed E-state index contributed by atoms with van der Waals surface area (Å²) in [4.78, 5) is 1.31. The second kappa shape index (κ2) is 4.85. The molecule has 0 bridgehead atoms. The van der Waals surface area contributed by atoms with Gasteiger partial charge in [0.1, 0.15) is 0 Å². The molecule has 2 heteroatoms. The first kappa shape index (κ1) is 11.6. The Morgan fingerprint density at radius 3 is 2.50 bits per heavy atom. The molecule has 0 spiro atoms. The summed E-state index contributed by atoms with van der Waals surface area (Å²) in [7, 11) is 0. The highest BCUT2D eigenvalue weighted by Crippen LogP contribution is 2.27. The minimum atomic E-state index is -0.0220. The lowest BCUT2D eigenvalue weighted by molar-refractivity contribution is 0.159. The zero-order valence-corrected chi connectivity index (χ0v) is 9.90. The third-order valence-corrected chi connectivity index (χ3v) is 3.13. The molecule has 1 nitrogen and oxygen atoms in total. The summed E-state index contributed by atoms with van der Waals surface area (Å²) in [6.07, 6.45) is 3.02. The van der Waals surface area contributed by atoms with Gasteiger partial charge in [0.2, 0.25) is 0 Å².